The number of aromatic nitrogens is 3. The number of hydrogen-bond acceptors (Lipinski definition) is 7. The van der Waals surface area contributed by atoms with E-state index in [-0.39, 0.29) is 31.0 Å². The predicted molar refractivity (Wildman–Crippen MR) is 139 cm³/mol. The van der Waals surface area contributed by atoms with Gasteiger partial charge in [0.05, 0.1) is 17.6 Å². The summed E-state index contributed by atoms with van der Waals surface area (Å²) < 4.78 is 48.5. The van der Waals surface area contributed by atoms with E-state index in [0.717, 1.165) is 0 Å². The first kappa shape index (κ1) is 25.6. The molecule has 2 aromatic heterocycles. The Hall–Kier alpha value is -3.02. The zero-order valence-corrected chi connectivity index (χ0v) is 21.6. The second kappa shape index (κ2) is 10.8. The standard InChI is InChI=1S/C25H27ClFN5O4S/c26-18-4-3-6-21(14-18)32-25(33)24(36-22-8-7-19(27)15-22)23(16-29-32)30-10-12-31(13-11-30)37(34,35)17-20-5-1-2-9-28-20/h1-6,9,14,16,19,22H,7-8,10-13,15,17H2. The van der Waals surface area contributed by atoms with Crippen LogP contribution in [0.1, 0.15) is 25.0 Å². The molecule has 2 fully saturated rings. The molecule has 1 aliphatic carbocycles. The van der Waals surface area contributed by atoms with Gasteiger partial charge in [-0.1, -0.05) is 23.7 Å². The van der Waals surface area contributed by atoms with E-state index >= 15 is 0 Å². The minimum Gasteiger partial charge on any atom is -0.483 e. The van der Waals surface area contributed by atoms with Crippen molar-refractivity contribution in [3.05, 3.63) is 75.9 Å². The van der Waals surface area contributed by atoms with Crippen LogP contribution in [-0.4, -0.2) is 65.9 Å². The van der Waals surface area contributed by atoms with Crippen molar-refractivity contribution in [3.8, 4) is 11.4 Å². The molecule has 3 aromatic rings. The third-order valence-corrected chi connectivity index (χ3v) is 8.65. The number of rotatable bonds is 7. The number of ether oxygens (including phenoxy) is 1. The van der Waals surface area contributed by atoms with Gasteiger partial charge in [-0.25, -0.2) is 12.8 Å². The first-order chi connectivity index (χ1) is 17.8. The first-order valence-corrected chi connectivity index (χ1v) is 14.1. The average molecular weight is 548 g/mol. The number of benzene rings is 1. The Bertz CT molecular complexity index is 1410. The monoisotopic (exact) mass is 547 g/mol. The Morgan fingerprint density at radius 2 is 1.89 bits per heavy atom. The highest BCUT2D eigenvalue weighted by Gasteiger charge is 2.32. The zero-order chi connectivity index (χ0) is 26.0. The summed E-state index contributed by atoms with van der Waals surface area (Å²) in [5.41, 5.74) is 0.950. The van der Waals surface area contributed by atoms with Crippen molar-refractivity contribution in [2.75, 3.05) is 31.1 Å². The van der Waals surface area contributed by atoms with Gasteiger partial charge in [-0.05, 0) is 43.2 Å². The molecule has 9 nitrogen and oxygen atoms in total. The van der Waals surface area contributed by atoms with Gasteiger partial charge >= 0.3 is 5.56 Å². The summed E-state index contributed by atoms with van der Waals surface area (Å²) in [5, 5.41) is 4.80. The lowest BCUT2D eigenvalue weighted by Gasteiger charge is -2.36. The van der Waals surface area contributed by atoms with Crippen molar-refractivity contribution in [1.82, 2.24) is 19.1 Å². The van der Waals surface area contributed by atoms with Crippen LogP contribution in [0.4, 0.5) is 10.1 Å². The Kier molecular flexibility index (Phi) is 7.45. The highest BCUT2D eigenvalue weighted by molar-refractivity contribution is 7.88. The Morgan fingerprint density at radius 1 is 1.08 bits per heavy atom. The largest absolute Gasteiger partial charge is 0.483 e. The predicted octanol–water partition coefficient (Wildman–Crippen LogP) is 3.20. The van der Waals surface area contributed by atoms with Gasteiger partial charge < -0.3 is 9.64 Å². The molecular weight excluding hydrogens is 521 g/mol. The van der Waals surface area contributed by atoms with Gasteiger partial charge in [0.2, 0.25) is 15.8 Å². The first-order valence-electron chi connectivity index (χ1n) is 12.1. The minimum atomic E-state index is -3.55. The van der Waals surface area contributed by atoms with Crippen LogP contribution < -0.4 is 15.2 Å². The van der Waals surface area contributed by atoms with E-state index in [1.54, 1.807) is 48.7 Å². The van der Waals surface area contributed by atoms with Crippen LogP contribution in [0.2, 0.25) is 5.02 Å². The van der Waals surface area contributed by atoms with Gasteiger partial charge in [-0.15, -0.1) is 0 Å². The third kappa shape index (κ3) is 5.78. The van der Waals surface area contributed by atoms with E-state index in [0.29, 0.717) is 48.0 Å². The lowest BCUT2D eigenvalue weighted by molar-refractivity contribution is 0.193. The van der Waals surface area contributed by atoms with Crippen LogP contribution in [0, 0.1) is 0 Å². The number of anilines is 1. The molecule has 2 aliphatic rings. The molecule has 5 rings (SSSR count). The van der Waals surface area contributed by atoms with Crippen LogP contribution in [0.3, 0.4) is 0 Å². The molecule has 2 atom stereocenters. The van der Waals surface area contributed by atoms with Crippen molar-refractivity contribution >= 4 is 27.3 Å². The molecule has 196 valence electrons. The molecule has 1 saturated heterocycles. The van der Waals surface area contributed by atoms with E-state index in [4.69, 9.17) is 16.3 Å². The normalized spacial score (nSPS) is 20.8. The van der Waals surface area contributed by atoms with Gasteiger partial charge in [0, 0.05) is 43.8 Å². The highest BCUT2D eigenvalue weighted by Crippen LogP contribution is 2.31. The molecule has 1 saturated carbocycles. The van der Waals surface area contributed by atoms with Crippen molar-refractivity contribution in [2.24, 2.45) is 0 Å². The van der Waals surface area contributed by atoms with Crippen molar-refractivity contribution < 1.29 is 17.5 Å². The summed E-state index contributed by atoms with van der Waals surface area (Å²) in [6, 6.07) is 11.9. The summed E-state index contributed by atoms with van der Waals surface area (Å²) in [5.74, 6) is -0.0928. The smallest absolute Gasteiger partial charge is 0.316 e. The van der Waals surface area contributed by atoms with Gasteiger partial charge in [-0.2, -0.15) is 14.1 Å². The van der Waals surface area contributed by atoms with Crippen molar-refractivity contribution in [2.45, 2.75) is 37.3 Å². The molecule has 0 amide bonds. The maximum atomic E-state index is 13.9. The van der Waals surface area contributed by atoms with Crippen LogP contribution in [-0.2, 0) is 15.8 Å². The topological polar surface area (TPSA) is 97.6 Å². The maximum absolute atomic E-state index is 13.9. The molecular formula is C25H27ClFN5O4S. The average Bonchev–Trinajstić information content (AvgIpc) is 3.30. The molecule has 3 heterocycles. The molecule has 1 aromatic carbocycles. The summed E-state index contributed by atoms with van der Waals surface area (Å²) in [4.78, 5) is 19.6. The fourth-order valence-electron chi connectivity index (χ4n) is 4.69. The quantitative estimate of drug-likeness (QED) is 0.448. The number of pyridine rings is 1. The lowest BCUT2D eigenvalue weighted by atomic mass is 10.2. The SMILES string of the molecule is O=c1c(OC2CCC(F)C2)c(N2CCN(S(=O)(=O)Cc3ccccn3)CC2)cnn1-c1cccc(Cl)c1. The molecule has 0 bridgehead atoms. The Morgan fingerprint density at radius 3 is 2.57 bits per heavy atom. The van der Waals surface area contributed by atoms with E-state index < -0.39 is 27.9 Å². The third-order valence-electron chi connectivity index (χ3n) is 6.60. The summed E-state index contributed by atoms with van der Waals surface area (Å²) in [7, 11) is -3.55. The summed E-state index contributed by atoms with van der Waals surface area (Å²) in [6.45, 7) is 1.16. The second-order valence-corrected chi connectivity index (χ2v) is 11.6. The molecule has 12 heteroatoms. The van der Waals surface area contributed by atoms with Crippen molar-refractivity contribution in [3.63, 3.8) is 0 Å². The van der Waals surface area contributed by atoms with E-state index in [2.05, 4.69) is 10.1 Å². The summed E-state index contributed by atoms with van der Waals surface area (Å²) in [6.07, 6.45) is 2.85. The minimum absolute atomic E-state index is 0.0823. The molecule has 2 unspecified atom stereocenters. The zero-order valence-electron chi connectivity index (χ0n) is 20.0. The van der Waals surface area contributed by atoms with Crippen LogP contribution >= 0.6 is 11.6 Å². The molecule has 0 spiro atoms. The van der Waals surface area contributed by atoms with Gasteiger partial charge in [0.1, 0.15) is 23.7 Å². The fourth-order valence-corrected chi connectivity index (χ4v) is 6.32. The fraction of sp³-hybridized carbons (Fsp3) is 0.400. The van der Waals surface area contributed by atoms with Gasteiger partial charge in [0.25, 0.3) is 0 Å². The molecule has 1 aliphatic heterocycles. The lowest BCUT2D eigenvalue weighted by Crippen LogP contribution is -2.49. The number of piperazine rings is 1. The second-order valence-electron chi connectivity index (χ2n) is 9.17. The van der Waals surface area contributed by atoms with E-state index in [9.17, 15) is 17.6 Å². The molecule has 37 heavy (non-hydrogen) atoms. The summed E-state index contributed by atoms with van der Waals surface area (Å²) >= 11 is 6.11. The molecule has 0 radical (unpaired) electrons. The number of alkyl halides is 1. The Balaban J connectivity index is 1.39. The Labute approximate surface area is 219 Å². The maximum Gasteiger partial charge on any atom is 0.316 e. The van der Waals surface area contributed by atoms with E-state index in [1.807, 2.05) is 4.90 Å². The number of nitrogens with zero attached hydrogens (tertiary/aromatic N) is 5. The van der Waals surface area contributed by atoms with E-state index in [1.165, 1.54) is 15.2 Å². The number of halogens is 2. The van der Waals surface area contributed by atoms with Crippen LogP contribution in [0.25, 0.3) is 5.69 Å². The molecule has 0 N–H and O–H groups in total. The van der Waals surface area contributed by atoms with Crippen LogP contribution in [0.15, 0.2) is 59.7 Å². The number of hydrogen-bond donors (Lipinski definition) is 0. The highest BCUT2D eigenvalue weighted by atomic mass is 35.5. The van der Waals surface area contributed by atoms with Gasteiger partial charge in [-0.3, -0.25) is 9.78 Å². The van der Waals surface area contributed by atoms with Gasteiger partial charge in [0.15, 0.2) is 0 Å². The van der Waals surface area contributed by atoms with Crippen LogP contribution in [0.5, 0.6) is 5.75 Å². The van der Waals surface area contributed by atoms with Crippen molar-refractivity contribution in [1.29, 1.82) is 0 Å². The number of sulfonamides is 1.